The van der Waals surface area contributed by atoms with Crippen molar-refractivity contribution in [2.75, 3.05) is 12.4 Å². The molecule has 0 radical (unpaired) electrons. The van der Waals surface area contributed by atoms with Crippen LogP contribution in [0.3, 0.4) is 0 Å². The van der Waals surface area contributed by atoms with Crippen molar-refractivity contribution in [1.29, 1.82) is 0 Å². The van der Waals surface area contributed by atoms with Crippen LogP contribution in [0.2, 0.25) is 0 Å². The predicted octanol–water partition coefficient (Wildman–Crippen LogP) is 5.81. The Morgan fingerprint density at radius 1 is 1.04 bits per heavy atom. The Labute approximate surface area is 172 Å². The van der Waals surface area contributed by atoms with Crippen LogP contribution in [0.25, 0.3) is 0 Å². The Bertz CT molecular complexity index is 872. The van der Waals surface area contributed by atoms with Gasteiger partial charge in [0, 0.05) is 12.2 Å². The summed E-state index contributed by atoms with van der Waals surface area (Å²) in [5.74, 6) is 2.21. The molecular weight excluding hydrogens is 368 g/mol. The van der Waals surface area contributed by atoms with Crippen LogP contribution in [0, 0.1) is 0 Å². The molecule has 1 heterocycles. The van der Waals surface area contributed by atoms with Gasteiger partial charge in [0.15, 0.2) is 5.11 Å². The highest BCUT2D eigenvalue weighted by Gasteiger charge is 2.13. The zero-order valence-electron chi connectivity index (χ0n) is 16.5. The van der Waals surface area contributed by atoms with E-state index in [2.05, 4.69) is 48.3 Å². The zero-order valence-corrected chi connectivity index (χ0v) is 17.3. The first kappa shape index (κ1) is 20.0. The third-order valence-electron chi connectivity index (χ3n) is 4.58. The van der Waals surface area contributed by atoms with Gasteiger partial charge in [0.1, 0.15) is 11.5 Å². The van der Waals surface area contributed by atoms with Gasteiger partial charge in [-0.1, -0.05) is 38.1 Å². The van der Waals surface area contributed by atoms with Crippen molar-refractivity contribution in [2.24, 2.45) is 0 Å². The summed E-state index contributed by atoms with van der Waals surface area (Å²) in [4.78, 5) is 2.10. The lowest BCUT2D eigenvalue weighted by atomic mass is 10.0. The molecule has 3 aromatic rings. The Kier molecular flexibility index (Phi) is 6.71. The Hall–Kier alpha value is -2.79. The maximum Gasteiger partial charge on any atom is 0.174 e. The van der Waals surface area contributed by atoms with Crippen LogP contribution in [-0.2, 0) is 13.1 Å². The summed E-state index contributed by atoms with van der Waals surface area (Å²) in [7, 11) is 1.66. The summed E-state index contributed by atoms with van der Waals surface area (Å²) in [6.07, 6.45) is 1.69. The number of nitrogens with one attached hydrogen (secondary N) is 1. The van der Waals surface area contributed by atoms with E-state index in [1.165, 1.54) is 11.1 Å². The van der Waals surface area contributed by atoms with Crippen molar-refractivity contribution in [3.8, 4) is 5.75 Å². The maximum absolute atomic E-state index is 5.70. The second-order valence-electron chi connectivity index (χ2n) is 6.99. The quantitative estimate of drug-likeness (QED) is 0.512. The molecular formula is C23H26N2O2S. The second kappa shape index (κ2) is 9.42. The average molecular weight is 395 g/mol. The number of thiocarbonyl (C=S) groups is 1. The number of hydrogen-bond donors (Lipinski definition) is 1. The van der Waals surface area contributed by atoms with E-state index >= 15 is 0 Å². The van der Waals surface area contributed by atoms with E-state index in [9.17, 15) is 0 Å². The molecule has 0 atom stereocenters. The largest absolute Gasteiger partial charge is 0.497 e. The molecule has 28 heavy (non-hydrogen) atoms. The molecule has 0 saturated carbocycles. The van der Waals surface area contributed by atoms with E-state index in [1.807, 2.05) is 36.4 Å². The first-order chi connectivity index (χ1) is 13.5. The normalized spacial score (nSPS) is 10.7. The molecule has 0 unspecified atom stereocenters. The van der Waals surface area contributed by atoms with Gasteiger partial charge in [-0.05, 0) is 65.7 Å². The van der Waals surface area contributed by atoms with Gasteiger partial charge in [0.05, 0.1) is 19.9 Å². The van der Waals surface area contributed by atoms with Crippen LogP contribution in [0.1, 0.15) is 36.7 Å². The number of methoxy groups -OCH3 is 1. The van der Waals surface area contributed by atoms with E-state index in [4.69, 9.17) is 21.4 Å². The fraction of sp³-hybridized carbons (Fsp3) is 0.261. The van der Waals surface area contributed by atoms with Crippen molar-refractivity contribution in [3.63, 3.8) is 0 Å². The van der Waals surface area contributed by atoms with Crippen LogP contribution in [0.15, 0.2) is 71.3 Å². The zero-order chi connectivity index (χ0) is 19.9. The predicted molar refractivity (Wildman–Crippen MR) is 118 cm³/mol. The SMILES string of the molecule is COc1ccc(NC(=S)N(Cc2ccc(C(C)C)cc2)Cc2ccco2)cc1. The monoisotopic (exact) mass is 394 g/mol. The molecule has 5 heteroatoms. The first-order valence-electron chi connectivity index (χ1n) is 9.36. The van der Waals surface area contributed by atoms with Gasteiger partial charge in [-0.15, -0.1) is 0 Å². The number of nitrogens with zero attached hydrogens (tertiary/aromatic N) is 1. The van der Waals surface area contributed by atoms with Gasteiger partial charge in [-0.25, -0.2) is 0 Å². The lowest BCUT2D eigenvalue weighted by Crippen LogP contribution is -2.33. The van der Waals surface area contributed by atoms with Crippen LogP contribution in [0.5, 0.6) is 5.75 Å². The standard InChI is InChI=1S/C23H26N2O2S/c1-17(2)19-8-6-18(7-9-19)15-25(16-22-5-4-14-27-22)23(28)24-20-10-12-21(26-3)13-11-20/h4-14,17H,15-16H2,1-3H3,(H,24,28). The fourth-order valence-corrected chi connectivity index (χ4v) is 3.14. The lowest BCUT2D eigenvalue weighted by Gasteiger charge is -2.25. The molecule has 0 amide bonds. The molecule has 3 rings (SSSR count). The molecule has 1 aromatic heterocycles. The summed E-state index contributed by atoms with van der Waals surface area (Å²) in [6, 6.07) is 20.3. The van der Waals surface area contributed by atoms with Gasteiger partial charge in [-0.3, -0.25) is 0 Å². The minimum atomic E-state index is 0.520. The van der Waals surface area contributed by atoms with Gasteiger partial charge >= 0.3 is 0 Å². The number of anilines is 1. The highest BCUT2D eigenvalue weighted by atomic mass is 32.1. The number of ether oxygens (including phenoxy) is 1. The van der Waals surface area contributed by atoms with E-state index < -0.39 is 0 Å². The third-order valence-corrected chi connectivity index (χ3v) is 4.94. The first-order valence-corrected chi connectivity index (χ1v) is 9.77. The summed E-state index contributed by atoms with van der Waals surface area (Å²) in [5, 5.41) is 3.96. The van der Waals surface area contributed by atoms with Crippen molar-refractivity contribution in [2.45, 2.75) is 32.9 Å². The molecule has 2 aromatic carbocycles. The topological polar surface area (TPSA) is 37.6 Å². The molecule has 0 bridgehead atoms. The molecule has 146 valence electrons. The van der Waals surface area contributed by atoms with Crippen molar-refractivity contribution >= 4 is 23.0 Å². The van der Waals surface area contributed by atoms with Crippen LogP contribution >= 0.6 is 12.2 Å². The second-order valence-corrected chi connectivity index (χ2v) is 7.38. The lowest BCUT2D eigenvalue weighted by molar-refractivity contribution is 0.360. The fourth-order valence-electron chi connectivity index (χ4n) is 2.90. The minimum absolute atomic E-state index is 0.520. The summed E-state index contributed by atoms with van der Waals surface area (Å²) < 4.78 is 10.8. The molecule has 0 aliphatic carbocycles. The van der Waals surface area contributed by atoms with Crippen molar-refractivity contribution in [1.82, 2.24) is 4.90 Å². The average Bonchev–Trinajstić information content (AvgIpc) is 3.21. The summed E-state index contributed by atoms with van der Waals surface area (Å²) >= 11 is 5.70. The molecule has 0 aliphatic heterocycles. The summed E-state index contributed by atoms with van der Waals surface area (Å²) in [6.45, 7) is 5.69. The van der Waals surface area contributed by atoms with E-state index in [-0.39, 0.29) is 0 Å². The van der Waals surface area contributed by atoms with Crippen LogP contribution < -0.4 is 10.1 Å². The number of hydrogen-bond acceptors (Lipinski definition) is 3. The Morgan fingerprint density at radius 2 is 1.75 bits per heavy atom. The highest BCUT2D eigenvalue weighted by molar-refractivity contribution is 7.80. The Morgan fingerprint density at radius 3 is 2.32 bits per heavy atom. The van der Waals surface area contributed by atoms with E-state index in [0.29, 0.717) is 24.1 Å². The van der Waals surface area contributed by atoms with Gasteiger partial charge in [-0.2, -0.15) is 0 Å². The van der Waals surface area contributed by atoms with E-state index in [0.717, 1.165) is 17.2 Å². The van der Waals surface area contributed by atoms with E-state index in [1.54, 1.807) is 13.4 Å². The van der Waals surface area contributed by atoms with Gasteiger partial charge in [0.2, 0.25) is 0 Å². The van der Waals surface area contributed by atoms with Crippen LogP contribution in [0.4, 0.5) is 5.69 Å². The number of furan rings is 1. The molecule has 0 saturated heterocycles. The molecule has 0 aliphatic rings. The minimum Gasteiger partial charge on any atom is -0.497 e. The van der Waals surface area contributed by atoms with Gasteiger partial charge < -0.3 is 19.4 Å². The maximum atomic E-state index is 5.70. The third kappa shape index (κ3) is 5.36. The van der Waals surface area contributed by atoms with Crippen LogP contribution in [-0.4, -0.2) is 17.1 Å². The number of benzene rings is 2. The molecule has 0 spiro atoms. The smallest absolute Gasteiger partial charge is 0.174 e. The molecule has 1 N–H and O–H groups in total. The van der Waals surface area contributed by atoms with Crippen molar-refractivity contribution in [3.05, 3.63) is 83.8 Å². The highest BCUT2D eigenvalue weighted by Crippen LogP contribution is 2.19. The van der Waals surface area contributed by atoms with Crippen molar-refractivity contribution < 1.29 is 9.15 Å². The molecule has 0 fully saturated rings. The molecule has 4 nitrogen and oxygen atoms in total. The summed E-state index contributed by atoms with van der Waals surface area (Å²) in [5.41, 5.74) is 3.46. The number of rotatable bonds is 7. The van der Waals surface area contributed by atoms with Gasteiger partial charge in [0.25, 0.3) is 0 Å². The Balaban J connectivity index is 1.74.